The molecule has 0 radical (unpaired) electrons. The molecule has 0 aliphatic heterocycles. The van der Waals surface area contributed by atoms with Crippen molar-refractivity contribution in [2.24, 2.45) is 0 Å². The van der Waals surface area contributed by atoms with E-state index in [4.69, 9.17) is 28.2 Å². The van der Waals surface area contributed by atoms with Gasteiger partial charge in [0.05, 0.1) is 10.0 Å². The molecule has 5 heteroatoms. The number of H-pyrrole nitrogens is 1. The van der Waals surface area contributed by atoms with Crippen LogP contribution in [0, 0.1) is 0 Å². The summed E-state index contributed by atoms with van der Waals surface area (Å²) >= 11 is 14.4. The second-order valence-electron chi connectivity index (χ2n) is 7.92. The molecule has 1 N–H and O–H groups in total. The summed E-state index contributed by atoms with van der Waals surface area (Å²) in [7, 11) is 0. The minimum Gasteiger partial charge on any atom is -0.347 e. The number of nitrogens with one attached hydrogen (secondary N) is 1. The molecule has 0 aliphatic carbocycles. The van der Waals surface area contributed by atoms with E-state index < -0.39 is 5.41 Å². The smallest absolute Gasteiger partial charge is 0.125 e. The van der Waals surface area contributed by atoms with Gasteiger partial charge < -0.3 is 4.98 Å². The molecule has 0 spiro atoms. The SMILES string of the molecule is Clc1cccc(SCc2ccccc2C(c2ccccc2)(c2ccccc2)c2ncc[nH]2)c1Cl. The first kappa shape index (κ1) is 22.8. The maximum atomic E-state index is 6.49. The van der Waals surface area contributed by atoms with Gasteiger partial charge in [0.15, 0.2) is 0 Å². The largest absolute Gasteiger partial charge is 0.347 e. The van der Waals surface area contributed by atoms with Crippen molar-refractivity contribution in [1.29, 1.82) is 0 Å². The minimum atomic E-state index is -0.610. The lowest BCUT2D eigenvalue weighted by atomic mass is 9.67. The second kappa shape index (κ2) is 10.1. The normalized spacial score (nSPS) is 11.5. The summed E-state index contributed by atoms with van der Waals surface area (Å²) in [6.07, 6.45) is 3.71. The van der Waals surface area contributed by atoms with E-state index in [1.54, 1.807) is 11.8 Å². The van der Waals surface area contributed by atoms with Crippen molar-refractivity contribution in [2.45, 2.75) is 16.1 Å². The first-order valence-electron chi connectivity index (χ1n) is 11.0. The fraction of sp³-hybridized carbons (Fsp3) is 0.0690. The van der Waals surface area contributed by atoms with E-state index in [1.165, 1.54) is 11.1 Å². The van der Waals surface area contributed by atoms with E-state index >= 15 is 0 Å². The molecular weight excluding hydrogens is 479 g/mol. The van der Waals surface area contributed by atoms with E-state index in [0.717, 1.165) is 27.6 Å². The summed E-state index contributed by atoms with van der Waals surface area (Å²) < 4.78 is 0. The monoisotopic (exact) mass is 500 g/mol. The number of hydrogen-bond donors (Lipinski definition) is 1. The summed E-state index contributed by atoms with van der Waals surface area (Å²) in [5.74, 6) is 1.61. The zero-order valence-electron chi connectivity index (χ0n) is 18.3. The molecule has 5 rings (SSSR count). The van der Waals surface area contributed by atoms with Crippen LogP contribution in [0.1, 0.15) is 28.1 Å². The topological polar surface area (TPSA) is 28.7 Å². The Morgan fingerprint density at radius 3 is 2.03 bits per heavy atom. The standard InChI is InChI=1S/C29H22Cl2N2S/c30-25-16-9-17-26(27(25)31)34-20-21-10-7-8-15-24(21)29(28-32-18-19-33-28,22-11-3-1-4-12-22)23-13-5-2-6-14-23/h1-19H,20H2,(H,32,33). The van der Waals surface area contributed by atoms with Gasteiger partial charge in [-0.25, -0.2) is 4.98 Å². The number of nitrogens with zero attached hydrogens (tertiary/aromatic N) is 1. The number of thioether (sulfide) groups is 1. The van der Waals surface area contributed by atoms with Crippen LogP contribution in [0.3, 0.4) is 0 Å². The van der Waals surface area contributed by atoms with Gasteiger partial charge in [0.2, 0.25) is 0 Å². The van der Waals surface area contributed by atoms with Crippen molar-refractivity contribution in [1.82, 2.24) is 9.97 Å². The molecule has 0 saturated heterocycles. The summed E-state index contributed by atoms with van der Waals surface area (Å²) in [5.41, 5.74) is 4.06. The van der Waals surface area contributed by atoms with Crippen molar-refractivity contribution < 1.29 is 0 Å². The maximum Gasteiger partial charge on any atom is 0.125 e. The fourth-order valence-electron chi connectivity index (χ4n) is 4.49. The quantitative estimate of drug-likeness (QED) is 0.179. The van der Waals surface area contributed by atoms with Crippen LogP contribution < -0.4 is 0 Å². The van der Waals surface area contributed by atoms with Gasteiger partial charge in [-0.2, -0.15) is 0 Å². The van der Waals surface area contributed by atoms with Crippen molar-refractivity contribution in [3.63, 3.8) is 0 Å². The van der Waals surface area contributed by atoms with Crippen LogP contribution in [0.15, 0.2) is 120 Å². The molecule has 34 heavy (non-hydrogen) atoms. The minimum absolute atomic E-state index is 0.568. The molecule has 4 aromatic carbocycles. The van der Waals surface area contributed by atoms with E-state index in [0.29, 0.717) is 10.0 Å². The Labute approximate surface area is 214 Å². The Hall–Kier alpha value is -2.98. The predicted octanol–water partition coefficient (Wildman–Crippen LogP) is 8.39. The molecule has 0 bridgehead atoms. The third-order valence-corrected chi connectivity index (χ3v) is 8.03. The number of benzene rings is 4. The van der Waals surface area contributed by atoms with Crippen LogP contribution in [-0.2, 0) is 11.2 Å². The molecule has 0 unspecified atom stereocenters. The Morgan fingerprint density at radius 1 is 0.735 bits per heavy atom. The maximum absolute atomic E-state index is 6.49. The van der Waals surface area contributed by atoms with E-state index in [1.807, 2.05) is 42.7 Å². The molecule has 0 atom stereocenters. The average Bonchev–Trinajstić information content (AvgIpc) is 3.43. The highest BCUT2D eigenvalue weighted by Gasteiger charge is 2.41. The molecule has 2 nitrogen and oxygen atoms in total. The molecule has 0 saturated carbocycles. The second-order valence-corrected chi connectivity index (χ2v) is 9.72. The van der Waals surface area contributed by atoms with Crippen LogP contribution in [-0.4, -0.2) is 9.97 Å². The molecule has 168 valence electrons. The van der Waals surface area contributed by atoms with Gasteiger partial charge in [0.1, 0.15) is 11.2 Å². The summed E-state index contributed by atoms with van der Waals surface area (Å²) in [6, 6.07) is 35.4. The number of rotatable bonds is 7. The van der Waals surface area contributed by atoms with E-state index in [2.05, 4.69) is 77.8 Å². The number of aromatic nitrogens is 2. The average molecular weight is 501 g/mol. The lowest BCUT2D eigenvalue weighted by molar-refractivity contribution is 0.686. The number of hydrogen-bond acceptors (Lipinski definition) is 2. The van der Waals surface area contributed by atoms with Crippen molar-refractivity contribution >= 4 is 35.0 Å². The Morgan fingerprint density at radius 2 is 1.38 bits per heavy atom. The molecule has 0 fully saturated rings. The molecular formula is C29H22Cl2N2S. The lowest BCUT2D eigenvalue weighted by Gasteiger charge is -2.35. The van der Waals surface area contributed by atoms with Gasteiger partial charge in [-0.15, -0.1) is 11.8 Å². The van der Waals surface area contributed by atoms with E-state index in [-0.39, 0.29) is 0 Å². The van der Waals surface area contributed by atoms with Gasteiger partial charge in [0, 0.05) is 23.0 Å². The highest BCUT2D eigenvalue weighted by molar-refractivity contribution is 7.98. The predicted molar refractivity (Wildman–Crippen MR) is 143 cm³/mol. The number of aromatic amines is 1. The van der Waals surface area contributed by atoms with Crippen LogP contribution in [0.25, 0.3) is 0 Å². The Kier molecular flexibility index (Phi) is 6.77. The zero-order chi connectivity index (χ0) is 23.4. The first-order valence-corrected chi connectivity index (χ1v) is 12.7. The number of imidazole rings is 1. The van der Waals surface area contributed by atoms with E-state index in [9.17, 15) is 0 Å². The third kappa shape index (κ3) is 4.16. The lowest BCUT2D eigenvalue weighted by Crippen LogP contribution is -2.33. The Balaban J connectivity index is 1.72. The van der Waals surface area contributed by atoms with Crippen LogP contribution in [0.2, 0.25) is 10.0 Å². The van der Waals surface area contributed by atoms with Crippen LogP contribution in [0.5, 0.6) is 0 Å². The molecule has 0 amide bonds. The highest BCUT2D eigenvalue weighted by atomic mass is 35.5. The fourth-order valence-corrected chi connectivity index (χ4v) is 5.98. The first-order chi connectivity index (χ1) is 16.7. The number of halogens is 2. The summed E-state index contributed by atoms with van der Waals surface area (Å²) in [5, 5.41) is 1.16. The molecule has 1 heterocycles. The van der Waals surface area contributed by atoms with Gasteiger partial charge in [-0.05, 0) is 34.4 Å². The third-order valence-electron chi connectivity index (χ3n) is 5.99. The Bertz CT molecular complexity index is 1330. The molecule has 5 aromatic rings. The van der Waals surface area contributed by atoms with Gasteiger partial charge in [-0.3, -0.25) is 0 Å². The van der Waals surface area contributed by atoms with Crippen LogP contribution >= 0.6 is 35.0 Å². The van der Waals surface area contributed by atoms with Crippen molar-refractivity contribution in [3.05, 3.63) is 154 Å². The summed E-state index contributed by atoms with van der Waals surface area (Å²) in [4.78, 5) is 9.20. The molecule has 1 aromatic heterocycles. The van der Waals surface area contributed by atoms with Gasteiger partial charge in [0.25, 0.3) is 0 Å². The summed E-state index contributed by atoms with van der Waals surface area (Å²) in [6.45, 7) is 0. The van der Waals surface area contributed by atoms with Gasteiger partial charge in [-0.1, -0.05) is 114 Å². The van der Waals surface area contributed by atoms with Crippen LogP contribution in [0.4, 0.5) is 0 Å². The van der Waals surface area contributed by atoms with Crippen molar-refractivity contribution in [3.8, 4) is 0 Å². The van der Waals surface area contributed by atoms with Crippen molar-refractivity contribution in [2.75, 3.05) is 0 Å². The molecule has 0 aliphatic rings. The van der Waals surface area contributed by atoms with Gasteiger partial charge >= 0.3 is 0 Å². The zero-order valence-corrected chi connectivity index (χ0v) is 20.6. The highest BCUT2D eigenvalue weighted by Crippen LogP contribution is 2.46.